The van der Waals surface area contributed by atoms with Gasteiger partial charge in [-0.25, -0.2) is 0 Å². The SMILES string of the molecule is Cc1ccc(C(=O)NC[C@H](O)CN2CCCC2=O)cc1Cl. The number of likely N-dealkylation sites (tertiary alicyclic amines) is 1. The Balaban J connectivity index is 1.82. The molecule has 0 aliphatic carbocycles. The van der Waals surface area contributed by atoms with Gasteiger partial charge in [0.1, 0.15) is 0 Å². The highest BCUT2D eigenvalue weighted by molar-refractivity contribution is 6.31. The van der Waals surface area contributed by atoms with Gasteiger partial charge < -0.3 is 15.3 Å². The van der Waals surface area contributed by atoms with E-state index in [1.54, 1.807) is 23.1 Å². The molecule has 1 aliphatic rings. The fraction of sp³-hybridized carbons (Fsp3) is 0.467. The maximum absolute atomic E-state index is 12.0. The smallest absolute Gasteiger partial charge is 0.251 e. The van der Waals surface area contributed by atoms with Crippen molar-refractivity contribution in [3.8, 4) is 0 Å². The number of nitrogens with zero attached hydrogens (tertiary/aromatic N) is 1. The number of hydrogen-bond acceptors (Lipinski definition) is 3. The highest BCUT2D eigenvalue weighted by atomic mass is 35.5. The molecule has 0 bridgehead atoms. The molecule has 0 unspecified atom stereocenters. The van der Waals surface area contributed by atoms with Gasteiger partial charge in [-0.2, -0.15) is 0 Å². The van der Waals surface area contributed by atoms with Gasteiger partial charge in [0.25, 0.3) is 5.91 Å². The molecule has 1 aromatic carbocycles. The van der Waals surface area contributed by atoms with Crippen molar-refractivity contribution < 1.29 is 14.7 Å². The van der Waals surface area contributed by atoms with E-state index in [0.717, 1.165) is 12.0 Å². The number of hydrogen-bond donors (Lipinski definition) is 2. The van der Waals surface area contributed by atoms with E-state index in [-0.39, 0.29) is 24.9 Å². The van der Waals surface area contributed by atoms with Crippen LogP contribution in [-0.2, 0) is 4.79 Å². The molecular weight excluding hydrogens is 292 g/mol. The van der Waals surface area contributed by atoms with E-state index in [1.807, 2.05) is 6.92 Å². The first kappa shape index (κ1) is 15.8. The molecular formula is C15H19ClN2O3. The number of amides is 2. The highest BCUT2D eigenvalue weighted by Gasteiger charge is 2.22. The van der Waals surface area contributed by atoms with E-state index < -0.39 is 6.10 Å². The number of benzene rings is 1. The predicted octanol–water partition coefficient (Wildman–Crippen LogP) is 1.36. The molecule has 1 saturated heterocycles. The molecule has 0 saturated carbocycles. The number of halogens is 1. The lowest BCUT2D eigenvalue weighted by atomic mass is 10.1. The normalized spacial score (nSPS) is 16.1. The Labute approximate surface area is 128 Å². The van der Waals surface area contributed by atoms with Gasteiger partial charge in [0.15, 0.2) is 0 Å². The number of carbonyl (C=O) groups is 2. The molecule has 5 nitrogen and oxygen atoms in total. The highest BCUT2D eigenvalue weighted by Crippen LogP contribution is 2.16. The van der Waals surface area contributed by atoms with Crippen molar-refractivity contribution in [2.75, 3.05) is 19.6 Å². The van der Waals surface area contributed by atoms with Crippen LogP contribution in [0.15, 0.2) is 18.2 Å². The second kappa shape index (κ2) is 6.91. The van der Waals surface area contributed by atoms with Crippen LogP contribution in [0.2, 0.25) is 5.02 Å². The van der Waals surface area contributed by atoms with Crippen molar-refractivity contribution in [2.24, 2.45) is 0 Å². The van der Waals surface area contributed by atoms with Crippen LogP contribution in [0.25, 0.3) is 0 Å². The van der Waals surface area contributed by atoms with Crippen molar-refractivity contribution in [3.63, 3.8) is 0 Å². The average molecular weight is 311 g/mol. The summed E-state index contributed by atoms with van der Waals surface area (Å²) in [4.78, 5) is 25.0. The van der Waals surface area contributed by atoms with Crippen LogP contribution in [0.3, 0.4) is 0 Å². The molecule has 2 amide bonds. The van der Waals surface area contributed by atoms with Crippen LogP contribution in [0, 0.1) is 6.92 Å². The van der Waals surface area contributed by atoms with Crippen molar-refractivity contribution in [2.45, 2.75) is 25.9 Å². The molecule has 6 heteroatoms. The molecule has 1 aromatic rings. The van der Waals surface area contributed by atoms with Crippen LogP contribution < -0.4 is 5.32 Å². The van der Waals surface area contributed by atoms with Gasteiger partial charge in [0.05, 0.1) is 6.10 Å². The zero-order valence-electron chi connectivity index (χ0n) is 11.9. The van der Waals surface area contributed by atoms with E-state index in [9.17, 15) is 14.7 Å². The standard InChI is InChI=1S/C15H19ClN2O3/c1-10-4-5-11(7-13(10)16)15(21)17-8-12(19)9-18-6-2-3-14(18)20/h4-5,7,12,19H,2-3,6,8-9H2,1H3,(H,17,21)/t12-/m0/s1. The quantitative estimate of drug-likeness (QED) is 0.863. The van der Waals surface area contributed by atoms with Crippen LogP contribution >= 0.6 is 11.6 Å². The third kappa shape index (κ3) is 4.19. The maximum Gasteiger partial charge on any atom is 0.251 e. The number of aryl methyl sites for hydroxylation is 1. The first-order valence-electron chi connectivity index (χ1n) is 6.97. The molecule has 0 aromatic heterocycles. The van der Waals surface area contributed by atoms with Gasteiger partial charge in [-0.3, -0.25) is 9.59 Å². The predicted molar refractivity (Wildman–Crippen MR) is 80.3 cm³/mol. The summed E-state index contributed by atoms with van der Waals surface area (Å²) in [6.07, 6.45) is 0.609. The van der Waals surface area contributed by atoms with Gasteiger partial charge in [0.2, 0.25) is 5.91 Å². The number of aliphatic hydroxyl groups excluding tert-OH is 1. The first-order valence-corrected chi connectivity index (χ1v) is 7.35. The topological polar surface area (TPSA) is 69.6 Å². The molecule has 1 atom stereocenters. The lowest BCUT2D eigenvalue weighted by molar-refractivity contribution is -0.128. The Kier molecular flexibility index (Phi) is 5.20. The lowest BCUT2D eigenvalue weighted by Gasteiger charge is -2.20. The molecule has 1 fully saturated rings. The molecule has 1 aliphatic heterocycles. The number of rotatable bonds is 5. The average Bonchev–Trinajstić information content (AvgIpc) is 2.84. The molecule has 2 rings (SSSR count). The van der Waals surface area contributed by atoms with Gasteiger partial charge in [0, 0.05) is 36.6 Å². The Morgan fingerprint density at radius 3 is 2.90 bits per heavy atom. The molecule has 114 valence electrons. The van der Waals surface area contributed by atoms with Gasteiger partial charge in [-0.05, 0) is 31.0 Å². The van der Waals surface area contributed by atoms with Crippen LogP contribution in [0.5, 0.6) is 0 Å². The summed E-state index contributed by atoms with van der Waals surface area (Å²) < 4.78 is 0. The Bertz CT molecular complexity index is 548. The summed E-state index contributed by atoms with van der Waals surface area (Å²) in [5.74, 6) is -0.227. The van der Waals surface area contributed by atoms with Crippen molar-refractivity contribution in [1.82, 2.24) is 10.2 Å². The van der Waals surface area contributed by atoms with Crippen LogP contribution in [0.4, 0.5) is 0 Å². The fourth-order valence-electron chi connectivity index (χ4n) is 2.26. The van der Waals surface area contributed by atoms with Crippen molar-refractivity contribution in [1.29, 1.82) is 0 Å². The monoisotopic (exact) mass is 310 g/mol. The minimum absolute atomic E-state index is 0.0608. The summed E-state index contributed by atoms with van der Waals surface area (Å²) >= 11 is 5.98. The number of β-amino-alcohol motifs (C(OH)–C–C–N with tert-alkyl or cyclic N) is 1. The van der Waals surface area contributed by atoms with E-state index in [4.69, 9.17) is 11.6 Å². The van der Waals surface area contributed by atoms with E-state index in [0.29, 0.717) is 23.6 Å². The Hall–Kier alpha value is -1.59. The molecule has 2 N–H and O–H groups in total. The van der Waals surface area contributed by atoms with Gasteiger partial charge in [-0.1, -0.05) is 17.7 Å². The number of nitrogens with one attached hydrogen (secondary N) is 1. The van der Waals surface area contributed by atoms with E-state index in [2.05, 4.69) is 5.32 Å². The summed E-state index contributed by atoms with van der Waals surface area (Å²) in [7, 11) is 0. The summed E-state index contributed by atoms with van der Waals surface area (Å²) in [5.41, 5.74) is 1.36. The summed E-state index contributed by atoms with van der Waals surface area (Å²) in [6, 6.07) is 5.06. The summed E-state index contributed by atoms with van der Waals surface area (Å²) in [5, 5.41) is 13.1. The van der Waals surface area contributed by atoms with Crippen LogP contribution in [0.1, 0.15) is 28.8 Å². The molecule has 21 heavy (non-hydrogen) atoms. The minimum Gasteiger partial charge on any atom is -0.389 e. The zero-order chi connectivity index (χ0) is 15.4. The minimum atomic E-state index is -0.767. The zero-order valence-corrected chi connectivity index (χ0v) is 12.7. The first-order chi connectivity index (χ1) is 9.97. The van der Waals surface area contributed by atoms with E-state index >= 15 is 0 Å². The summed E-state index contributed by atoms with van der Waals surface area (Å²) in [6.45, 7) is 2.90. The Morgan fingerprint density at radius 2 is 2.29 bits per heavy atom. The third-order valence-electron chi connectivity index (χ3n) is 3.53. The molecule has 0 spiro atoms. The van der Waals surface area contributed by atoms with Crippen LogP contribution in [-0.4, -0.2) is 47.6 Å². The van der Waals surface area contributed by atoms with Gasteiger partial charge in [-0.15, -0.1) is 0 Å². The second-order valence-electron chi connectivity index (χ2n) is 5.27. The fourth-order valence-corrected chi connectivity index (χ4v) is 2.44. The van der Waals surface area contributed by atoms with E-state index in [1.165, 1.54) is 0 Å². The molecule has 0 radical (unpaired) electrons. The van der Waals surface area contributed by atoms with Gasteiger partial charge >= 0.3 is 0 Å². The second-order valence-corrected chi connectivity index (χ2v) is 5.68. The largest absolute Gasteiger partial charge is 0.389 e. The lowest BCUT2D eigenvalue weighted by Crippen LogP contribution is -2.40. The third-order valence-corrected chi connectivity index (χ3v) is 3.94. The number of aliphatic hydroxyl groups is 1. The number of carbonyl (C=O) groups excluding carboxylic acids is 2. The van der Waals surface area contributed by atoms with Crippen molar-refractivity contribution in [3.05, 3.63) is 34.3 Å². The van der Waals surface area contributed by atoms with Crippen molar-refractivity contribution >= 4 is 23.4 Å². The Morgan fingerprint density at radius 1 is 1.52 bits per heavy atom. The molecule has 1 heterocycles. The maximum atomic E-state index is 12.0.